The van der Waals surface area contributed by atoms with Crippen LogP contribution in [0.2, 0.25) is 0 Å². The summed E-state index contributed by atoms with van der Waals surface area (Å²) in [5.41, 5.74) is 0.975. The first-order chi connectivity index (χ1) is 23.3. The zero-order chi connectivity index (χ0) is 37.9. The predicted molar refractivity (Wildman–Crippen MR) is 179 cm³/mol. The van der Waals surface area contributed by atoms with Crippen molar-refractivity contribution in [1.82, 2.24) is 16.0 Å². The Morgan fingerprint density at radius 3 is 2.16 bits per heavy atom. The van der Waals surface area contributed by atoms with Crippen molar-refractivity contribution in [2.75, 3.05) is 6.54 Å². The molecular weight excluding hydrogens is 654 g/mol. The van der Waals surface area contributed by atoms with E-state index in [1.54, 1.807) is 52.8 Å². The molecule has 280 valence electrons. The number of carboxylic acids is 1. The van der Waals surface area contributed by atoms with Crippen LogP contribution in [0.1, 0.15) is 84.4 Å². The molecule has 3 amide bonds. The van der Waals surface area contributed by atoms with Crippen LogP contribution in [0.15, 0.2) is 18.2 Å². The number of aliphatic hydroxyl groups excluding tert-OH is 3. The number of ether oxygens (including phenoxy) is 2. The van der Waals surface area contributed by atoms with Crippen LogP contribution in [-0.4, -0.2) is 105 Å². The molecule has 0 aliphatic carbocycles. The maximum atomic E-state index is 13.3. The molecule has 7 atom stereocenters. The average molecular weight is 708 g/mol. The number of carbonyl (C=O) groups excluding carboxylic acids is 5. The summed E-state index contributed by atoms with van der Waals surface area (Å²) < 4.78 is 10.9. The highest BCUT2D eigenvalue weighted by Gasteiger charge is 2.46. The number of carbonyl (C=O) groups is 6. The average Bonchev–Trinajstić information content (AvgIpc) is 3.03. The molecule has 1 heterocycles. The van der Waals surface area contributed by atoms with E-state index in [0.717, 1.165) is 0 Å². The van der Waals surface area contributed by atoms with Crippen molar-refractivity contribution >= 4 is 35.4 Å². The number of aliphatic carboxylic acids is 1. The van der Waals surface area contributed by atoms with Gasteiger partial charge in [-0.2, -0.15) is 0 Å². The second-order valence-corrected chi connectivity index (χ2v) is 14.1. The van der Waals surface area contributed by atoms with Gasteiger partial charge in [-0.3, -0.25) is 24.0 Å². The molecule has 1 aliphatic rings. The lowest BCUT2D eigenvalue weighted by Gasteiger charge is -2.39. The fourth-order valence-electron chi connectivity index (χ4n) is 5.21. The van der Waals surface area contributed by atoms with E-state index < -0.39 is 71.8 Å². The largest absolute Gasteiger partial charge is 0.479 e. The van der Waals surface area contributed by atoms with Gasteiger partial charge in [-0.05, 0) is 69.6 Å². The maximum absolute atomic E-state index is 13.3. The first kappa shape index (κ1) is 42.2. The Morgan fingerprint density at radius 1 is 0.920 bits per heavy atom. The first-order valence-corrected chi connectivity index (χ1v) is 16.9. The van der Waals surface area contributed by atoms with Gasteiger partial charge in [0.15, 0.2) is 11.9 Å². The maximum Gasteiger partial charge on any atom is 0.335 e. The third kappa shape index (κ3) is 12.4. The number of hydrogen-bond donors (Lipinski definition) is 7. The number of nitrogens with one attached hydrogen (secondary N) is 3. The quantitative estimate of drug-likeness (QED) is 0.108. The zero-order valence-electron chi connectivity index (χ0n) is 29.9. The summed E-state index contributed by atoms with van der Waals surface area (Å²) in [5, 5.41) is 47.9. The topological polar surface area (TPSA) is 238 Å². The smallest absolute Gasteiger partial charge is 0.335 e. The Hall–Kier alpha value is -3.92. The molecule has 0 bridgehead atoms. The second kappa shape index (κ2) is 18.9. The van der Waals surface area contributed by atoms with Crippen LogP contribution in [0, 0.1) is 11.3 Å². The van der Waals surface area contributed by atoms with Gasteiger partial charge in [-0.1, -0.05) is 39.0 Å². The van der Waals surface area contributed by atoms with E-state index in [2.05, 4.69) is 16.0 Å². The zero-order valence-corrected chi connectivity index (χ0v) is 29.9. The molecule has 1 aromatic carbocycles. The summed E-state index contributed by atoms with van der Waals surface area (Å²) in [5.74, 6) is -4.00. The molecule has 0 radical (unpaired) electrons. The minimum atomic E-state index is -1.83. The molecular formula is C35H53N3O12. The molecule has 2 rings (SSSR count). The first-order valence-electron chi connectivity index (χ1n) is 16.9. The third-order valence-corrected chi connectivity index (χ3v) is 8.30. The summed E-state index contributed by atoms with van der Waals surface area (Å²) in [6, 6.07) is 3.16. The minimum Gasteiger partial charge on any atom is -0.479 e. The van der Waals surface area contributed by atoms with E-state index in [-0.39, 0.29) is 56.4 Å². The summed E-state index contributed by atoms with van der Waals surface area (Å²) >= 11 is 0. The number of hydrogen-bond acceptors (Lipinski definition) is 11. The molecule has 1 fully saturated rings. The summed E-state index contributed by atoms with van der Waals surface area (Å²) in [6.45, 7) is 11.5. The van der Waals surface area contributed by atoms with Gasteiger partial charge in [-0.15, -0.1) is 0 Å². The van der Waals surface area contributed by atoms with Crippen LogP contribution in [0.5, 0.6) is 0 Å². The number of aliphatic hydroxyl groups is 3. The van der Waals surface area contributed by atoms with E-state index in [0.29, 0.717) is 23.1 Å². The van der Waals surface area contributed by atoms with E-state index in [4.69, 9.17) is 9.47 Å². The van der Waals surface area contributed by atoms with Crippen molar-refractivity contribution in [2.24, 2.45) is 11.3 Å². The molecule has 7 N–H and O–H groups in total. The van der Waals surface area contributed by atoms with Crippen LogP contribution in [0.3, 0.4) is 0 Å². The highest BCUT2D eigenvalue weighted by Crippen LogP contribution is 2.27. The van der Waals surface area contributed by atoms with Crippen molar-refractivity contribution in [3.63, 3.8) is 0 Å². The molecule has 1 unspecified atom stereocenters. The number of esters is 1. The Kier molecular flexibility index (Phi) is 16.0. The predicted octanol–water partition coefficient (Wildman–Crippen LogP) is 0.317. The fourth-order valence-corrected chi connectivity index (χ4v) is 5.21. The Balaban J connectivity index is 2.18. The van der Waals surface area contributed by atoms with Gasteiger partial charge >= 0.3 is 11.9 Å². The summed E-state index contributed by atoms with van der Waals surface area (Å²) in [6.07, 6.45) is -7.08. The van der Waals surface area contributed by atoms with Crippen LogP contribution in [-0.2, 0) is 57.7 Å². The molecule has 1 aromatic rings. The third-order valence-electron chi connectivity index (χ3n) is 8.30. The van der Waals surface area contributed by atoms with Gasteiger partial charge in [0.2, 0.25) is 17.7 Å². The van der Waals surface area contributed by atoms with E-state index in [1.807, 2.05) is 6.92 Å². The van der Waals surface area contributed by atoms with Crippen LogP contribution in [0.4, 0.5) is 0 Å². The van der Waals surface area contributed by atoms with Crippen molar-refractivity contribution in [1.29, 1.82) is 0 Å². The number of Topliss-reactive ketones (excluding diaryl/α,β-unsaturated/α-hetero) is 1. The molecule has 1 aliphatic heterocycles. The molecule has 1 saturated heterocycles. The van der Waals surface area contributed by atoms with Gasteiger partial charge in [-0.25, -0.2) is 4.79 Å². The number of rotatable bonds is 17. The number of aryl methyl sites for hydroxylation is 1. The van der Waals surface area contributed by atoms with Crippen molar-refractivity contribution in [3.8, 4) is 0 Å². The molecule has 15 heteroatoms. The van der Waals surface area contributed by atoms with Gasteiger partial charge in [0, 0.05) is 12.8 Å². The van der Waals surface area contributed by atoms with Gasteiger partial charge in [0.1, 0.15) is 31.0 Å². The fraction of sp³-hybridized carbons (Fsp3) is 0.657. The molecule has 15 nitrogen and oxygen atoms in total. The van der Waals surface area contributed by atoms with Gasteiger partial charge in [0.05, 0.1) is 24.1 Å². The van der Waals surface area contributed by atoms with Crippen LogP contribution < -0.4 is 16.0 Å². The Labute approximate surface area is 292 Å². The Morgan fingerprint density at radius 2 is 1.58 bits per heavy atom. The second-order valence-electron chi connectivity index (χ2n) is 14.1. The number of amides is 3. The van der Waals surface area contributed by atoms with Crippen molar-refractivity contribution < 1.29 is 58.7 Å². The lowest BCUT2D eigenvalue weighted by molar-refractivity contribution is -0.228. The highest BCUT2D eigenvalue weighted by molar-refractivity contribution is 5.94. The summed E-state index contributed by atoms with van der Waals surface area (Å²) in [4.78, 5) is 74.5. The monoisotopic (exact) mass is 707 g/mol. The molecule has 50 heavy (non-hydrogen) atoms. The van der Waals surface area contributed by atoms with Crippen molar-refractivity contribution in [3.05, 3.63) is 34.9 Å². The lowest BCUT2D eigenvalue weighted by Crippen LogP contribution is -2.59. The number of benzene rings is 1. The SMILES string of the molecule is CCCC(=O)NCC(=O)N[C@H](C(=O)N[C@@H](C)C(=O)Cc1ccc(COC(=O)C(C)(C)C)c(CCC2O[C@H](C(=O)O)[C@@H](O)[C@H](O)[C@H]2O)c1)C(C)C. The highest BCUT2D eigenvalue weighted by atomic mass is 16.6. The molecule has 0 spiro atoms. The van der Waals surface area contributed by atoms with Crippen LogP contribution in [0.25, 0.3) is 0 Å². The van der Waals surface area contributed by atoms with Crippen molar-refractivity contribution in [2.45, 2.75) is 130 Å². The minimum absolute atomic E-state index is 0.0173. The van der Waals surface area contributed by atoms with Crippen LogP contribution >= 0.6 is 0 Å². The van der Waals surface area contributed by atoms with E-state index in [9.17, 15) is 49.2 Å². The molecule has 0 saturated carbocycles. The molecule has 0 aromatic heterocycles. The van der Waals surface area contributed by atoms with Gasteiger partial charge in [0.25, 0.3) is 0 Å². The normalized spacial score (nSPS) is 21.9. The standard InChI is InChI=1S/C35H53N3O12/c1-8-9-25(40)36-16-26(41)38-27(18(2)3)32(45)37-19(4)23(39)15-20-10-11-22(17-49-34(48)35(5,6)7)21(14-20)12-13-24-28(42)29(43)30(44)31(50-24)33(46)47/h10-11,14,18-19,24,27-31,42-44H,8-9,12-13,15-17H2,1-7H3,(H,36,40)(H,37,45)(H,38,41)(H,46,47)/t19-,24?,27-,28-,29+,30-,31-/m0/s1. The van der Waals surface area contributed by atoms with E-state index in [1.165, 1.54) is 6.92 Å². The summed E-state index contributed by atoms with van der Waals surface area (Å²) in [7, 11) is 0. The lowest BCUT2D eigenvalue weighted by atomic mass is 9.90. The van der Waals surface area contributed by atoms with Gasteiger partial charge < -0.3 is 45.9 Å². The van der Waals surface area contributed by atoms with E-state index >= 15 is 0 Å². The number of carboxylic acid groups (broad SMARTS) is 1. The Bertz CT molecular complexity index is 1370. The number of ketones is 1.